The van der Waals surface area contributed by atoms with Crippen molar-refractivity contribution in [2.45, 2.75) is 0 Å². The second kappa shape index (κ2) is 5.73. The normalized spacial score (nSPS) is 10.3. The van der Waals surface area contributed by atoms with Crippen molar-refractivity contribution in [3.8, 4) is 6.07 Å². The second-order valence-electron chi connectivity index (χ2n) is 4.84. The van der Waals surface area contributed by atoms with E-state index in [9.17, 15) is 14.4 Å². The maximum atomic E-state index is 13.4. The Kier molecular flexibility index (Phi) is 3.61. The third-order valence-electron chi connectivity index (χ3n) is 3.33. The molecule has 5 nitrogen and oxygen atoms in total. The fourth-order valence-corrected chi connectivity index (χ4v) is 2.34. The topological polar surface area (TPSA) is 91.8 Å². The molecule has 0 unspecified atom stereocenters. The Bertz CT molecular complexity index is 962. The van der Waals surface area contributed by atoms with Crippen molar-refractivity contribution >= 4 is 28.2 Å². The van der Waals surface area contributed by atoms with Gasteiger partial charge in [-0.3, -0.25) is 4.79 Å². The molecule has 6 heteroatoms. The van der Waals surface area contributed by atoms with E-state index in [0.29, 0.717) is 22.3 Å². The highest BCUT2D eigenvalue weighted by Crippen LogP contribution is 2.31. The summed E-state index contributed by atoms with van der Waals surface area (Å²) < 4.78 is 13.4. The first kappa shape index (κ1) is 14.5. The van der Waals surface area contributed by atoms with E-state index in [4.69, 9.17) is 5.73 Å². The molecule has 0 saturated heterocycles. The van der Waals surface area contributed by atoms with Gasteiger partial charge in [-0.05, 0) is 24.3 Å². The Balaban J connectivity index is 2.28. The third kappa shape index (κ3) is 2.68. The predicted octanol–water partition coefficient (Wildman–Crippen LogP) is 3.09. The number of nitrogens with two attached hydrogens (primary N) is 1. The van der Waals surface area contributed by atoms with Gasteiger partial charge in [0.2, 0.25) is 0 Å². The molecule has 2 aromatic carbocycles. The Labute approximate surface area is 131 Å². The number of amides is 1. The lowest BCUT2D eigenvalue weighted by Gasteiger charge is -2.13. The van der Waals surface area contributed by atoms with Crippen LogP contribution in [0.2, 0.25) is 0 Å². The molecule has 1 heterocycles. The molecule has 1 aromatic heterocycles. The van der Waals surface area contributed by atoms with Crippen molar-refractivity contribution in [1.82, 2.24) is 4.98 Å². The van der Waals surface area contributed by atoms with Crippen molar-refractivity contribution in [3.05, 3.63) is 65.6 Å². The lowest BCUT2D eigenvalue weighted by Crippen LogP contribution is -2.16. The second-order valence-corrected chi connectivity index (χ2v) is 4.84. The number of para-hydroxylation sites is 1. The van der Waals surface area contributed by atoms with E-state index >= 15 is 0 Å². The number of nitrogens with zero attached hydrogens (tertiary/aromatic N) is 2. The van der Waals surface area contributed by atoms with E-state index in [1.165, 1.54) is 12.1 Å². The summed E-state index contributed by atoms with van der Waals surface area (Å²) in [6, 6.07) is 14.8. The quantitative estimate of drug-likeness (QED) is 0.777. The number of carbonyl (C=O) groups is 1. The van der Waals surface area contributed by atoms with Crippen molar-refractivity contribution in [3.63, 3.8) is 0 Å². The van der Waals surface area contributed by atoms with Crippen LogP contribution in [-0.2, 0) is 0 Å². The zero-order chi connectivity index (χ0) is 16.4. The summed E-state index contributed by atoms with van der Waals surface area (Å²) in [5.74, 6) is -1.21. The number of anilines is 2. The van der Waals surface area contributed by atoms with Gasteiger partial charge in [-0.2, -0.15) is 5.26 Å². The number of nitriles is 1. The molecule has 3 aromatic rings. The Morgan fingerprint density at radius 2 is 2.00 bits per heavy atom. The molecule has 0 atom stereocenters. The number of hydrogen-bond acceptors (Lipinski definition) is 4. The molecule has 3 rings (SSSR count). The molecule has 0 radical (unpaired) electrons. The maximum Gasteiger partial charge on any atom is 0.268 e. The number of benzene rings is 2. The molecule has 0 spiro atoms. The highest BCUT2D eigenvalue weighted by molar-refractivity contribution is 6.04. The predicted molar refractivity (Wildman–Crippen MR) is 84.7 cm³/mol. The van der Waals surface area contributed by atoms with E-state index in [-0.39, 0.29) is 11.3 Å². The third-order valence-corrected chi connectivity index (χ3v) is 3.33. The Hall–Kier alpha value is -3.46. The minimum Gasteiger partial charge on any atom is -0.364 e. The number of hydrogen-bond donors (Lipinski definition) is 2. The summed E-state index contributed by atoms with van der Waals surface area (Å²) in [6.07, 6.45) is 0. The van der Waals surface area contributed by atoms with Crippen molar-refractivity contribution in [2.75, 3.05) is 5.32 Å². The first-order valence-corrected chi connectivity index (χ1v) is 6.75. The first-order valence-electron chi connectivity index (χ1n) is 6.75. The smallest absolute Gasteiger partial charge is 0.268 e. The minimum absolute atomic E-state index is 0.0282. The molecular formula is C17H11FN4O. The van der Waals surface area contributed by atoms with Crippen LogP contribution in [0.4, 0.5) is 15.8 Å². The van der Waals surface area contributed by atoms with Crippen LogP contribution < -0.4 is 11.1 Å². The fraction of sp³-hybridized carbons (Fsp3) is 0. The number of primary amides is 1. The molecule has 3 N–H and O–H groups in total. The van der Waals surface area contributed by atoms with Gasteiger partial charge in [0, 0.05) is 11.1 Å². The van der Waals surface area contributed by atoms with Gasteiger partial charge in [0.25, 0.3) is 5.91 Å². The van der Waals surface area contributed by atoms with Crippen LogP contribution in [0.3, 0.4) is 0 Å². The maximum absolute atomic E-state index is 13.4. The summed E-state index contributed by atoms with van der Waals surface area (Å²) >= 11 is 0. The number of nitrogens with one attached hydrogen (secondary N) is 1. The van der Waals surface area contributed by atoms with E-state index in [0.717, 1.165) is 0 Å². The van der Waals surface area contributed by atoms with Gasteiger partial charge in [-0.15, -0.1) is 0 Å². The molecule has 0 saturated carbocycles. The standard InChI is InChI=1S/C17H11FN4O/c18-10-4-3-5-11(8-10)21-15-12-6-1-2-7-14(12)22-16(17(20)23)13(15)9-19/h1-8H,(H2,20,23)(H,21,22). The van der Waals surface area contributed by atoms with Crippen LogP contribution in [0.1, 0.15) is 16.1 Å². The van der Waals surface area contributed by atoms with Gasteiger partial charge in [0.05, 0.1) is 11.2 Å². The summed E-state index contributed by atoms with van der Waals surface area (Å²) in [5, 5.41) is 13.1. The highest BCUT2D eigenvalue weighted by Gasteiger charge is 2.18. The van der Waals surface area contributed by atoms with Gasteiger partial charge in [-0.25, -0.2) is 9.37 Å². The largest absolute Gasteiger partial charge is 0.364 e. The fourth-order valence-electron chi connectivity index (χ4n) is 2.34. The molecular weight excluding hydrogens is 295 g/mol. The SMILES string of the molecule is N#Cc1c(C(N)=O)nc2ccccc2c1Nc1cccc(F)c1. The number of halogens is 1. The molecule has 0 aliphatic carbocycles. The first-order chi connectivity index (χ1) is 11.1. The summed E-state index contributed by atoms with van der Waals surface area (Å²) in [7, 11) is 0. The summed E-state index contributed by atoms with van der Waals surface area (Å²) in [5.41, 5.74) is 6.57. The van der Waals surface area contributed by atoms with Gasteiger partial charge in [0.15, 0.2) is 0 Å². The zero-order valence-electron chi connectivity index (χ0n) is 11.9. The molecule has 1 amide bonds. The monoisotopic (exact) mass is 306 g/mol. The molecule has 0 bridgehead atoms. The van der Waals surface area contributed by atoms with Gasteiger partial charge < -0.3 is 11.1 Å². The number of fused-ring (bicyclic) bond motifs is 1. The van der Waals surface area contributed by atoms with Crippen LogP contribution >= 0.6 is 0 Å². The van der Waals surface area contributed by atoms with Crippen LogP contribution in [0, 0.1) is 17.1 Å². The average molecular weight is 306 g/mol. The highest BCUT2D eigenvalue weighted by atomic mass is 19.1. The van der Waals surface area contributed by atoms with Crippen molar-refractivity contribution < 1.29 is 9.18 Å². The Morgan fingerprint density at radius 3 is 2.70 bits per heavy atom. The van der Waals surface area contributed by atoms with Crippen molar-refractivity contribution in [1.29, 1.82) is 5.26 Å². The van der Waals surface area contributed by atoms with Gasteiger partial charge in [-0.1, -0.05) is 24.3 Å². The molecule has 23 heavy (non-hydrogen) atoms. The summed E-state index contributed by atoms with van der Waals surface area (Å²) in [6.45, 7) is 0. The van der Waals surface area contributed by atoms with Crippen LogP contribution in [-0.4, -0.2) is 10.9 Å². The van der Waals surface area contributed by atoms with Crippen LogP contribution in [0.25, 0.3) is 10.9 Å². The van der Waals surface area contributed by atoms with Gasteiger partial charge >= 0.3 is 0 Å². The molecule has 112 valence electrons. The number of pyridine rings is 1. The molecule has 0 fully saturated rings. The zero-order valence-corrected chi connectivity index (χ0v) is 11.9. The van der Waals surface area contributed by atoms with E-state index in [2.05, 4.69) is 10.3 Å². The molecule has 0 aliphatic rings. The van der Waals surface area contributed by atoms with Crippen LogP contribution in [0.5, 0.6) is 0 Å². The number of rotatable bonds is 3. The number of aromatic nitrogens is 1. The summed E-state index contributed by atoms with van der Waals surface area (Å²) in [4.78, 5) is 15.8. The Morgan fingerprint density at radius 1 is 1.22 bits per heavy atom. The van der Waals surface area contributed by atoms with E-state index in [1.807, 2.05) is 6.07 Å². The van der Waals surface area contributed by atoms with Crippen molar-refractivity contribution in [2.24, 2.45) is 5.73 Å². The average Bonchev–Trinajstić information content (AvgIpc) is 2.54. The van der Waals surface area contributed by atoms with E-state index < -0.39 is 11.7 Å². The minimum atomic E-state index is -0.797. The lowest BCUT2D eigenvalue weighted by atomic mass is 10.1. The number of carbonyl (C=O) groups excluding carboxylic acids is 1. The lowest BCUT2D eigenvalue weighted by molar-refractivity contribution is 0.0995. The van der Waals surface area contributed by atoms with Gasteiger partial charge in [0.1, 0.15) is 23.1 Å². The molecule has 0 aliphatic heterocycles. The van der Waals surface area contributed by atoms with E-state index in [1.54, 1.807) is 36.4 Å². The van der Waals surface area contributed by atoms with Crippen LogP contribution in [0.15, 0.2) is 48.5 Å².